The molecular weight excluding hydrogens is 412 g/mol. The van der Waals surface area contributed by atoms with Crippen LogP contribution in [0, 0.1) is 0 Å². The monoisotopic (exact) mass is 458 g/mol. The summed E-state index contributed by atoms with van der Waals surface area (Å²) in [5, 5.41) is 24.4. The Morgan fingerprint density at radius 2 is 1.12 bits per heavy atom. The maximum Gasteiger partial charge on any atom is 0.338 e. The van der Waals surface area contributed by atoms with Crippen LogP contribution >= 0.6 is 0 Å². The molecule has 3 N–H and O–H groups in total. The van der Waals surface area contributed by atoms with Crippen molar-refractivity contribution in [3.05, 3.63) is 12.2 Å². The number of unbranched alkanes of at least 4 members (excludes halogenated alkanes) is 14. The van der Waals surface area contributed by atoms with Gasteiger partial charge in [0.25, 0.3) is 0 Å². The quantitative estimate of drug-likeness (QED) is 0.104. The summed E-state index contributed by atoms with van der Waals surface area (Å²) in [5.41, 5.74) is 0. The van der Waals surface area contributed by atoms with Crippen LogP contribution in [0.1, 0.15) is 117 Å². The number of carbonyl (C=O) groups is 3. The summed E-state index contributed by atoms with van der Waals surface area (Å²) in [6.45, 7) is 3.64. The van der Waals surface area contributed by atoms with Crippen molar-refractivity contribution in [1.29, 1.82) is 0 Å². The molecule has 0 aromatic rings. The fourth-order valence-electron chi connectivity index (χ4n) is 2.98. The van der Waals surface area contributed by atoms with Crippen LogP contribution in [-0.4, -0.2) is 45.9 Å². The predicted molar refractivity (Wildman–Crippen MR) is 126 cm³/mol. The van der Waals surface area contributed by atoms with E-state index in [1.807, 2.05) is 0 Å². The highest BCUT2D eigenvalue weighted by Gasteiger charge is 2.07. The molecule has 0 saturated carbocycles. The zero-order valence-electron chi connectivity index (χ0n) is 20.2. The third kappa shape index (κ3) is 30.5. The number of hydrogen-bond donors (Lipinski definition) is 3. The molecule has 0 amide bonds. The number of carbonyl (C=O) groups excluding carboxylic acids is 2. The Balaban J connectivity index is 0. The van der Waals surface area contributed by atoms with Crippen LogP contribution in [0.2, 0.25) is 0 Å². The lowest BCUT2D eigenvalue weighted by Crippen LogP contribution is -2.10. The van der Waals surface area contributed by atoms with Crippen LogP contribution in [0.4, 0.5) is 0 Å². The van der Waals surface area contributed by atoms with E-state index >= 15 is 0 Å². The molecule has 0 heterocycles. The van der Waals surface area contributed by atoms with Gasteiger partial charge in [-0.15, -0.1) is 0 Å². The van der Waals surface area contributed by atoms with Gasteiger partial charge in [0.15, 0.2) is 0 Å². The molecule has 0 aromatic heterocycles. The highest BCUT2D eigenvalue weighted by atomic mass is 16.6. The molecule has 1 unspecified atom stereocenters. The van der Waals surface area contributed by atoms with E-state index in [-0.39, 0.29) is 13.0 Å². The fourth-order valence-corrected chi connectivity index (χ4v) is 2.98. The van der Waals surface area contributed by atoms with E-state index in [4.69, 9.17) is 15.3 Å². The number of aliphatic hydroxyl groups is 2. The molecule has 0 fully saturated rings. The first kappa shape index (κ1) is 32.4. The number of hydrogen-bond acceptors (Lipinski definition) is 6. The molecule has 0 aliphatic carbocycles. The minimum Gasteiger partial charge on any atom is -0.478 e. The maximum absolute atomic E-state index is 11.4. The average molecular weight is 459 g/mol. The van der Waals surface area contributed by atoms with Crippen LogP contribution in [0.15, 0.2) is 12.2 Å². The highest BCUT2D eigenvalue weighted by Crippen LogP contribution is 2.13. The number of ether oxygens (including phenoxy) is 1. The molecule has 0 aliphatic rings. The van der Waals surface area contributed by atoms with Crippen LogP contribution < -0.4 is 0 Å². The standard InChI is InChI=1S/C22H38O5.C3H8O2/c1-2-3-4-5-6-7-8-9-10-11-12-13-14-15-16-17-21(25)27-22(26)19-18-20(23)24;1-3(5)2-4/h18-19H,2-17H2,1H3,(H,23,24);3-5H,2H2,1H3/b19-18-;. The Morgan fingerprint density at radius 3 is 1.47 bits per heavy atom. The van der Waals surface area contributed by atoms with Crippen molar-refractivity contribution in [2.45, 2.75) is 123 Å². The van der Waals surface area contributed by atoms with E-state index in [0.717, 1.165) is 18.9 Å². The van der Waals surface area contributed by atoms with Gasteiger partial charge in [-0.1, -0.05) is 96.8 Å². The summed E-state index contributed by atoms with van der Waals surface area (Å²) in [7, 11) is 0. The SMILES string of the molecule is CC(O)CO.CCCCCCCCCCCCCCCCCC(=O)OC(=O)/C=C\C(=O)O. The number of rotatable bonds is 19. The molecule has 7 heteroatoms. The molecule has 7 nitrogen and oxygen atoms in total. The van der Waals surface area contributed by atoms with Gasteiger partial charge in [0.05, 0.1) is 12.7 Å². The zero-order valence-corrected chi connectivity index (χ0v) is 20.2. The molecular formula is C25H46O7. The van der Waals surface area contributed by atoms with E-state index in [0.29, 0.717) is 12.5 Å². The Hall–Kier alpha value is -1.73. The minimum atomic E-state index is -1.25. The lowest BCUT2D eigenvalue weighted by atomic mass is 10.0. The summed E-state index contributed by atoms with van der Waals surface area (Å²) in [6, 6.07) is 0. The van der Waals surface area contributed by atoms with Crippen molar-refractivity contribution in [2.24, 2.45) is 0 Å². The van der Waals surface area contributed by atoms with Crippen molar-refractivity contribution in [3.8, 4) is 0 Å². The Morgan fingerprint density at radius 1 is 0.750 bits per heavy atom. The fraction of sp³-hybridized carbons (Fsp3) is 0.800. The number of carboxylic acids is 1. The summed E-state index contributed by atoms with van der Waals surface area (Å²) < 4.78 is 4.49. The van der Waals surface area contributed by atoms with Gasteiger partial charge in [-0.05, 0) is 13.3 Å². The first-order valence-corrected chi connectivity index (χ1v) is 12.3. The highest BCUT2D eigenvalue weighted by molar-refractivity contribution is 5.95. The molecule has 0 saturated heterocycles. The third-order valence-corrected chi connectivity index (χ3v) is 4.83. The first-order chi connectivity index (χ1) is 15.3. The van der Waals surface area contributed by atoms with E-state index in [9.17, 15) is 14.4 Å². The molecule has 188 valence electrons. The molecule has 0 aliphatic heterocycles. The second-order valence-corrected chi connectivity index (χ2v) is 8.20. The molecule has 1 atom stereocenters. The van der Waals surface area contributed by atoms with Crippen LogP contribution in [0.25, 0.3) is 0 Å². The summed E-state index contributed by atoms with van der Waals surface area (Å²) >= 11 is 0. The van der Waals surface area contributed by atoms with Crippen molar-refractivity contribution in [3.63, 3.8) is 0 Å². The molecule has 0 radical (unpaired) electrons. The molecule has 0 bridgehead atoms. The predicted octanol–water partition coefficient (Wildman–Crippen LogP) is 5.32. The minimum absolute atomic E-state index is 0.139. The third-order valence-electron chi connectivity index (χ3n) is 4.83. The average Bonchev–Trinajstić information content (AvgIpc) is 2.75. The molecule has 0 rings (SSSR count). The van der Waals surface area contributed by atoms with Gasteiger partial charge < -0.3 is 20.1 Å². The second-order valence-electron chi connectivity index (χ2n) is 8.20. The zero-order chi connectivity index (χ0) is 24.5. The molecule has 0 aromatic carbocycles. The Kier molecular flexibility index (Phi) is 25.9. The van der Waals surface area contributed by atoms with E-state index < -0.39 is 24.0 Å². The smallest absolute Gasteiger partial charge is 0.338 e. The van der Waals surface area contributed by atoms with E-state index in [2.05, 4.69) is 11.7 Å². The second kappa shape index (κ2) is 25.5. The number of esters is 2. The molecule has 32 heavy (non-hydrogen) atoms. The van der Waals surface area contributed by atoms with Crippen molar-refractivity contribution >= 4 is 17.9 Å². The normalized spacial score (nSPS) is 11.6. The van der Waals surface area contributed by atoms with Gasteiger partial charge in [-0.2, -0.15) is 0 Å². The van der Waals surface area contributed by atoms with Crippen LogP contribution in [0.3, 0.4) is 0 Å². The van der Waals surface area contributed by atoms with Gasteiger partial charge in [0.1, 0.15) is 0 Å². The first-order valence-electron chi connectivity index (χ1n) is 12.3. The lowest BCUT2D eigenvalue weighted by molar-refractivity contribution is -0.156. The Bertz CT molecular complexity index is 487. The number of aliphatic carboxylic acids is 1. The van der Waals surface area contributed by atoms with Gasteiger partial charge in [0.2, 0.25) is 0 Å². The summed E-state index contributed by atoms with van der Waals surface area (Å²) in [5.74, 6) is -2.77. The lowest BCUT2D eigenvalue weighted by Gasteiger charge is -2.03. The van der Waals surface area contributed by atoms with Gasteiger partial charge >= 0.3 is 17.9 Å². The van der Waals surface area contributed by atoms with Crippen molar-refractivity contribution in [1.82, 2.24) is 0 Å². The Labute approximate surface area is 194 Å². The summed E-state index contributed by atoms with van der Waals surface area (Å²) in [4.78, 5) is 32.8. The van der Waals surface area contributed by atoms with Crippen molar-refractivity contribution in [2.75, 3.05) is 6.61 Å². The number of aliphatic hydroxyl groups excluding tert-OH is 2. The topological polar surface area (TPSA) is 121 Å². The van der Waals surface area contributed by atoms with Gasteiger partial charge in [-0.3, -0.25) is 4.79 Å². The van der Waals surface area contributed by atoms with Gasteiger partial charge in [0, 0.05) is 18.6 Å². The largest absolute Gasteiger partial charge is 0.478 e. The van der Waals surface area contributed by atoms with E-state index in [1.165, 1.54) is 84.0 Å². The van der Waals surface area contributed by atoms with Gasteiger partial charge in [-0.25, -0.2) is 9.59 Å². The van der Waals surface area contributed by atoms with E-state index in [1.54, 1.807) is 0 Å². The van der Waals surface area contributed by atoms with Crippen LogP contribution in [0.5, 0.6) is 0 Å². The van der Waals surface area contributed by atoms with Crippen molar-refractivity contribution < 1.29 is 34.4 Å². The summed E-state index contributed by atoms with van der Waals surface area (Å²) in [6.07, 6.45) is 19.8. The molecule has 0 spiro atoms. The van der Waals surface area contributed by atoms with Crippen LogP contribution in [-0.2, 0) is 19.1 Å². The number of carboxylic acid groups (broad SMARTS) is 1. The maximum atomic E-state index is 11.4.